The van der Waals surface area contributed by atoms with Crippen LogP contribution in [0.5, 0.6) is 0 Å². The molecule has 0 amide bonds. The highest BCUT2D eigenvalue weighted by Gasteiger charge is 2.27. The van der Waals surface area contributed by atoms with Gasteiger partial charge in [-0.2, -0.15) is 0 Å². The minimum atomic E-state index is -0.402. The number of benzene rings is 2. The molecule has 0 aliphatic heterocycles. The van der Waals surface area contributed by atoms with Crippen LogP contribution in [0.4, 0.5) is 0 Å². The van der Waals surface area contributed by atoms with Gasteiger partial charge in [-0.25, -0.2) is 0 Å². The van der Waals surface area contributed by atoms with Gasteiger partial charge < -0.3 is 0 Å². The van der Waals surface area contributed by atoms with Gasteiger partial charge in [0, 0.05) is 11.1 Å². The summed E-state index contributed by atoms with van der Waals surface area (Å²) in [7, 11) is 2.10. The van der Waals surface area contributed by atoms with Crippen molar-refractivity contribution < 1.29 is 4.48 Å². The van der Waals surface area contributed by atoms with E-state index in [0.717, 1.165) is 13.1 Å². The lowest BCUT2D eigenvalue weighted by Crippen LogP contribution is -2.60. The Morgan fingerprint density at radius 3 is 1.47 bits per heavy atom. The van der Waals surface area contributed by atoms with Gasteiger partial charge >= 0.3 is 0 Å². The second-order valence-corrected chi connectivity index (χ2v) is 5.26. The van der Waals surface area contributed by atoms with E-state index in [-0.39, 0.29) is 0 Å². The van der Waals surface area contributed by atoms with Gasteiger partial charge in [-0.15, -0.1) is 0 Å². The van der Waals surface area contributed by atoms with Crippen molar-refractivity contribution >= 4 is 0 Å². The highest BCUT2D eigenvalue weighted by molar-refractivity contribution is 5.15. The third-order valence-electron chi connectivity index (χ3n) is 3.49. The predicted octanol–water partition coefficient (Wildman–Crippen LogP) is 2.03. The van der Waals surface area contributed by atoms with E-state index in [2.05, 4.69) is 31.3 Å². The summed E-state index contributed by atoms with van der Waals surface area (Å²) in [4.78, 5) is 0. The van der Waals surface area contributed by atoms with Crippen LogP contribution in [0, 0.1) is 0 Å². The van der Waals surface area contributed by atoms with E-state index in [0.29, 0.717) is 4.48 Å². The zero-order chi connectivity index (χ0) is 13.7. The lowest BCUT2D eigenvalue weighted by Gasteiger charge is -2.37. The number of hydrogen-bond donors (Lipinski definition) is 2. The van der Waals surface area contributed by atoms with Crippen LogP contribution >= 0.6 is 0 Å². The van der Waals surface area contributed by atoms with Crippen LogP contribution in [0.3, 0.4) is 0 Å². The summed E-state index contributed by atoms with van der Waals surface area (Å²) in [5.41, 5.74) is 14.5. The van der Waals surface area contributed by atoms with Crippen molar-refractivity contribution in [3.63, 3.8) is 0 Å². The molecular weight excluding hydrogens is 234 g/mol. The Labute approximate surface area is 115 Å². The van der Waals surface area contributed by atoms with Gasteiger partial charge in [-0.1, -0.05) is 60.7 Å². The summed E-state index contributed by atoms with van der Waals surface area (Å²) in [6, 6.07) is 20.7. The minimum Gasteiger partial charge on any atom is -0.291 e. The quantitative estimate of drug-likeness (QED) is 0.635. The molecule has 4 N–H and O–H groups in total. The van der Waals surface area contributed by atoms with Crippen molar-refractivity contribution in [2.75, 3.05) is 7.05 Å². The number of hydrogen-bond acceptors (Lipinski definition) is 2. The number of rotatable bonds is 5. The molecule has 0 fully saturated rings. The van der Waals surface area contributed by atoms with Gasteiger partial charge in [0.05, 0.1) is 7.05 Å². The fraction of sp³-hybridized carbons (Fsp3) is 0.250. The second kappa shape index (κ2) is 5.97. The number of nitrogens with zero attached hydrogens (tertiary/aromatic N) is 1. The Bertz CT molecular complexity index is 452. The molecule has 0 atom stereocenters. The Morgan fingerprint density at radius 1 is 0.789 bits per heavy atom. The van der Waals surface area contributed by atoms with E-state index in [4.69, 9.17) is 11.5 Å². The van der Waals surface area contributed by atoms with Crippen LogP contribution in [0.15, 0.2) is 60.7 Å². The van der Waals surface area contributed by atoms with Gasteiger partial charge in [-0.3, -0.25) is 16.0 Å². The topological polar surface area (TPSA) is 52.0 Å². The molecule has 0 radical (unpaired) electrons. The molecule has 19 heavy (non-hydrogen) atoms. The molecule has 2 rings (SSSR count). The van der Waals surface area contributed by atoms with Crippen LogP contribution in [0.1, 0.15) is 11.1 Å². The van der Waals surface area contributed by atoms with Gasteiger partial charge in [-0.05, 0) is 0 Å². The van der Waals surface area contributed by atoms with Crippen LogP contribution in [0.2, 0.25) is 0 Å². The van der Waals surface area contributed by atoms with Crippen molar-refractivity contribution in [2.24, 2.45) is 11.5 Å². The standard InChI is InChI=1S/C16H22N3/c1-19(16(17)18,12-14-8-4-2-5-9-14)13-15-10-6-3-7-11-15/h2-11,16H,12-13,17-18H2,1H3/q+1. The van der Waals surface area contributed by atoms with Crippen molar-refractivity contribution in [1.29, 1.82) is 0 Å². The average Bonchev–Trinajstić information content (AvgIpc) is 2.40. The maximum atomic E-state index is 6.02. The highest BCUT2D eigenvalue weighted by Crippen LogP contribution is 2.17. The van der Waals surface area contributed by atoms with Crippen molar-refractivity contribution in [2.45, 2.75) is 19.4 Å². The molecule has 0 bridgehead atoms. The molecule has 0 saturated heterocycles. The third-order valence-corrected chi connectivity index (χ3v) is 3.49. The highest BCUT2D eigenvalue weighted by atomic mass is 15.4. The molecule has 0 heterocycles. The molecule has 0 unspecified atom stereocenters. The first kappa shape index (κ1) is 13.7. The molecule has 3 nitrogen and oxygen atoms in total. The monoisotopic (exact) mass is 256 g/mol. The zero-order valence-corrected chi connectivity index (χ0v) is 11.4. The zero-order valence-electron chi connectivity index (χ0n) is 11.4. The van der Waals surface area contributed by atoms with Crippen LogP contribution in [-0.2, 0) is 13.1 Å². The summed E-state index contributed by atoms with van der Waals surface area (Å²) in [5.74, 6) is 0. The Hall–Kier alpha value is -1.68. The number of nitrogens with two attached hydrogens (primary N) is 2. The average molecular weight is 256 g/mol. The van der Waals surface area contributed by atoms with Crippen LogP contribution in [-0.4, -0.2) is 17.8 Å². The van der Waals surface area contributed by atoms with Crippen molar-refractivity contribution in [3.05, 3.63) is 71.8 Å². The Morgan fingerprint density at radius 2 is 1.16 bits per heavy atom. The van der Waals surface area contributed by atoms with E-state index >= 15 is 0 Å². The molecule has 0 aromatic heterocycles. The fourth-order valence-corrected chi connectivity index (χ4v) is 2.27. The van der Waals surface area contributed by atoms with E-state index in [9.17, 15) is 0 Å². The maximum absolute atomic E-state index is 6.02. The first-order chi connectivity index (χ1) is 9.10. The molecule has 2 aromatic carbocycles. The fourth-order valence-electron chi connectivity index (χ4n) is 2.27. The minimum absolute atomic E-state index is 0.402. The molecule has 2 aromatic rings. The predicted molar refractivity (Wildman–Crippen MR) is 78.6 cm³/mol. The van der Waals surface area contributed by atoms with E-state index in [1.54, 1.807) is 0 Å². The van der Waals surface area contributed by atoms with Crippen molar-refractivity contribution in [1.82, 2.24) is 0 Å². The molecule has 3 heteroatoms. The van der Waals surface area contributed by atoms with E-state index in [1.165, 1.54) is 11.1 Å². The summed E-state index contributed by atoms with van der Waals surface area (Å²) < 4.78 is 0.591. The first-order valence-corrected chi connectivity index (χ1v) is 6.53. The Balaban J connectivity index is 2.18. The number of quaternary nitrogens is 1. The largest absolute Gasteiger partial charge is 0.291 e. The molecule has 0 saturated carbocycles. The summed E-state index contributed by atoms with van der Waals surface area (Å²) in [5, 5.41) is 0. The normalized spacial score (nSPS) is 11.8. The van der Waals surface area contributed by atoms with E-state index in [1.807, 2.05) is 36.4 Å². The van der Waals surface area contributed by atoms with Crippen LogP contribution in [0.25, 0.3) is 0 Å². The molecule has 100 valence electrons. The van der Waals surface area contributed by atoms with Crippen LogP contribution < -0.4 is 11.5 Å². The van der Waals surface area contributed by atoms with Crippen molar-refractivity contribution in [3.8, 4) is 0 Å². The molecule has 0 aliphatic rings. The third kappa shape index (κ3) is 3.64. The maximum Gasteiger partial charge on any atom is 0.195 e. The molecule has 0 aliphatic carbocycles. The van der Waals surface area contributed by atoms with Gasteiger partial charge in [0.2, 0.25) is 0 Å². The lowest BCUT2D eigenvalue weighted by molar-refractivity contribution is -0.958. The first-order valence-electron chi connectivity index (χ1n) is 6.53. The summed E-state index contributed by atoms with van der Waals surface area (Å²) in [6.45, 7) is 1.65. The van der Waals surface area contributed by atoms with Gasteiger partial charge in [0.25, 0.3) is 0 Å². The van der Waals surface area contributed by atoms with Gasteiger partial charge in [0.15, 0.2) is 6.29 Å². The lowest BCUT2D eigenvalue weighted by atomic mass is 10.1. The Kier molecular flexibility index (Phi) is 4.32. The summed E-state index contributed by atoms with van der Waals surface area (Å²) in [6.07, 6.45) is -0.402. The summed E-state index contributed by atoms with van der Waals surface area (Å²) >= 11 is 0. The smallest absolute Gasteiger partial charge is 0.195 e. The van der Waals surface area contributed by atoms with E-state index < -0.39 is 6.29 Å². The SMILES string of the molecule is C[N+](Cc1ccccc1)(Cc1ccccc1)C(N)N. The second-order valence-electron chi connectivity index (χ2n) is 5.26. The molecule has 0 spiro atoms. The van der Waals surface area contributed by atoms with Gasteiger partial charge in [0.1, 0.15) is 13.1 Å². The molecular formula is C16H22N3+.